The molecule has 2 aromatic heterocycles. The van der Waals surface area contributed by atoms with Crippen molar-refractivity contribution in [3.8, 4) is 22.3 Å². The Morgan fingerprint density at radius 3 is 1.42 bits per heavy atom. The highest BCUT2D eigenvalue weighted by atomic mass is 16.3. The van der Waals surface area contributed by atoms with Crippen molar-refractivity contribution in [2.75, 3.05) is 74.0 Å². The number of aliphatic hydroxyl groups excluding tert-OH is 2. The first kappa shape index (κ1) is 41.3. The zero-order chi connectivity index (χ0) is 45.1. The molecule has 4 aliphatic carbocycles. The molecule has 6 aromatic rings. The SMILES string of the molecule is CN(C)c1cnc(N2CCC3(CC(O)c4cc(-c5ccccc5C5CC5)ccc43)C2)c(C(=O)c2nc(N(C)C)cnc2N2CCC3(CC(O)c4cc(-c5ccccc5C5CC5)ccc43)C2)n1. The second-order valence-corrected chi connectivity index (χ2v) is 20.6. The standard InChI is InChI=1S/C55H58N8O3/c1-60(2)47-29-56-52(62-23-21-54(31-62)27-45(64)41-25-35(17-19-43(41)54)39-11-7-5-9-37(39)33-13-14-33)49(58-47)51(66)50-53(57-30-48(59-50)61(3)4)63-24-22-55(32-63)28-46(65)42-26-36(18-20-44(42)55)40-12-8-6-10-38(40)34-15-16-34/h5-12,17-20,25-26,29-30,33-34,45-46,64-65H,13-16,21-24,27-28,31-32H2,1-4H3. The van der Waals surface area contributed by atoms with E-state index in [1.165, 1.54) is 59.1 Å². The van der Waals surface area contributed by atoms with E-state index in [2.05, 4.69) is 94.7 Å². The molecule has 336 valence electrons. The molecule has 0 amide bonds. The summed E-state index contributed by atoms with van der Waals surface area (Å²) in [5.74, 6) is 3.11. The molecule has 2 saturated carbocycles. The molecular formula is C55H58N8O3. The second-order valence-electron chi connectivity index (χ2n) is 20.6. The smallest absolute Gasteiger partial charge is 0.237 e. The molecule has 4 aromatic carbocycles. The van der Waals surface area contributed by atoms with Crippen molar-refractivity contribution in [3.05, 3.63) is 142 Å². The lowest BCUT2D eigenvalue weighted by Gasteiger charge is -2.28. The minimum atomic E-state index is -0.578. The van der Waals surface area contributed by atoms with Gasteiger partial charge in [0.1, 0.15) is 11.6 Å². The van der Waals surface area contributed by atoms with Gasteiger partial charge in [0.2, 0.25) is 5.78 Å². The summed E-state index contributed by atoms with van der Waals surface area (Å²) in [6.07, 6.45) is 10.1. The zero-order valence-corrected chi connectivity index (χ0v) is 38.4. The molecular weight excluding hydrogens is 821 g/mol. The average Bonchev–Trinajstić information content (AvgIpc) is 4.25. The number of aliphatic hydroxyl groups is 2. The number of carbonyl (C=O) groups is 1. The van der Waals surface area contributed by atoms with E-state index in [9.17, 15) is 10.2 Å². The monoisotopic (exact) mass is 878 g/mol. The summed E-state index contributed by atoms with van der Waals surface area (Å²) >= 11 is 0. The fourth-order valence-corrected chi connectivity index (χ4v) is 12.1. The fraction of sp³-hybridized carbons (Fsp3) is 0.400. The zero-order valence-electron chi connectivity index (χ0n) is 38.4. The van der Waals surface area contributed by atoms with E-state index >= 15 is 4.79 Å². The Morgan fingerprint density at radius 1 is 0.591 bits per heavy atom. The molecule has 2 N–H and O–H groups in total. The number of ketones is 1. The van der Waals surface area contributed by atoms with Gasteiger partial charge in [-0.2, -0.15) is 0 Å². The quantitative estimate of drug-likeness (QED) is 0.128. The normalized spacial score (nSPS) is 24.1. The first-order chi connectivity index (χ1) is 32.0. The van der Waals surface area contributed by atoms with Crippen molar-refractivity contribution in [2.45, 2.75) is 86.2 Å². The Balaban J connectivity index is 0.865. The first-order valence-corrected chi connectivity index (χ1v) is 24.0. The van der Waals surface area contributed by atoms with Crippen LogP contribution in [0.25, 0.3) is 22.3 Å². The van der Waals surface area contributed by atoms with Gasteiger partial charge in [-0.1, -0.05) is 72.8 Å². The average molecular weight is 879 g/mol. The van der Waals surface area contributed by atoms with Gasteiger partial charge in [-0.15, -0.1) is 0 Å². The lowest BCUT2D eigenvalue weighted by molar-refractivity contribution is 0.103. The number of rotatable bonds is 10. The number of carbonyl (C=O) groups excluding carboxylic acids is 1. The van der Waals surface area contributed by atoms with Crippen LogP contribution in [0.1, 0.15) is 125 Å². The minimum Gasteiger partial charge on any atom is -0.388 e. The van der Waals surface area contributed by atoms with Gasteiger partial charge in [-0.05, 0) is 131 Å². The number of anilines is 4. The number of fused-ring (bicyclic) bond motifs is 4. The fourth-order valence-electron chi connectivity index (χ4n) is 12.1. The molecule has 66 heavy (non-hydrogen) atoms. The van der Waals surface area contributed by atoms with E-state index in [1.54, 1.807) is 12.4 Å². The third kappa shape index (κ3) is 6.79. The number of aromatic nitrogens is 4. The Kier molecular flexibility index (Phi) is 9.66. The van der Waals surface area contributed by atoms with Crippen LogP contribution in [-0.2, 0) is 10.8 Å². The van der Waals surface area contributed by atoms with Crippen molar-refractivity contribution < 1.29 is 15.0 Å². The molecule has 0 bridgehead atoms. The molecule has 2 aliphatic heterocycles. The van der Waals surface area contributed by atoms with E-state index in [4.69, 9.17) is 19.9 Å². The van der Waals surface area contributed by atoms with Crippen LogP contribution < -0.4 is 19.6 Å². The largest absolute Gasteiger partial charge is 0.388 e. The summed E-state index contributed by atoms with van der Waals surface area (Å²) in [5, 5.41) is 23.4. The molecule has 4 heterocycles. The molecule has 11 heteroatoms. The molecule has 4 fully saturated rings. The van der Waals surface area contributed by atoms with Crippen LogP contribution >= 0.6 is 0 Å². The Bertz CT molecular complexity index is 2730. The molecule has 2 saturated heterocycles. The summed E-state index contributed by atoms with van der Waals surface area (Å²) in [4.78, 5) is 43.6. The maximum absolute atomic E-state index is 15.4. The van der Waals surface area contributed by atoms with Gasteiger partial charge in [-0.25, -0.2) is 19.9 Å². The lowest BCUT2D eigenvalue weighted by atomic mass is 9.80. The predicted molar refractivity (Wildman–Crippen MR) is 260 cm³/mol. The third-order valence-corrected chi connectivity index (χ3v) is 15.8. The van der Waals surface area contributed by atoms with Gasteiger partial charge >= 0.3 is 0 Å². The summed E-state index contributed by atoms with van der Waals surface area (Å²) in [6.45, 7) is 2.53. The molecule has 12 rings (SSSR count). The van der Waals surface area contributed by atoms with Gasteiger partial charge in [0.25, 0.3) is 0 Å². The summed E-state index contributed by atoms with van der Waals surface area (Å²) in [6, 6.07) is 30.8. The first-order valence-electron chi connectivity index (χ1n) is 24.0. The van der Waals surface area contributed by atoms with Crippen LogP contribution in [0.4, 0.5) is 23.3 Å². The van der Waals surface area contributed by atoms with E-state index in [0.717, 1.165) is 35.1 Å². The Labute approximate surface area is 387 Å². The van der Waals surface area contributed by atoms with Crippen LogP contribution in [0.5, 0.6) is 0 Å². The predicted octanol–water partition coefficient (Wildman–Crippen LogP) is 8.89. The van der Waals surface area contributed by atoms with Gasteiger partial charge in [0, 0.05) is 65.2 Å². The van der Waals surface area contributed by atoms with Crippen molar-refractivity contribution >= 4 is 29.1 Å². The van der Waals surface area contributed by atoms with Gasteiger partial charge in [-0.3, -0.25) is 4.79 Å². The number of benzene rings is 4. The van der Waals surface area contributed by atoms with E-state index < -0.39 is 12.2 Å². The highest BCUT2D eigenvalue weighted by molar-refractivity contribution is 6.12. The summed E-state index contributed by atoms with van der Waals surface area (Å²) in [7, 11) is 7.62. The highest BCUT2D eigenvalue weighted by Crippen LogP contribution is 2.55. The van der Waals surface area contributed by atoms with Crippen LogP contribution in [0.3, 0.4) is 0 Å². The van der Waals surface area contributed by atoms with Crippen molar-refractivity contribution in [1.29, 1.82) is 0 Å². The van der Waals surface area contributed by atoms with E-state index in [1.807, 2.05) is 38.0 Å². The molecule has 0 radical (unpaired) electrons. The molecule has 6 aliphatic rings. The van der Waals surface area contributed by atoms with Gasteiger partial charge in [0.15, 0.2) is 23.0 Å². The van der Waals surface area contributed by atoms with Crippen molar-refractivity contribution in [2.24, 2.45) is 0 Å². The number of nitrogens with zero attached hydrogens (tertiary/aromatic N) is 8. The molecule has 11 nitrogen and oxygen atoms in total. The third-order valence-electron chi connectivity index (χ3n) is 15.8. The maximum Gasteiger partial charge on any atom is 0.237 e. The van der Waals surface area contributed by atoms with Crippen LogP contribution in [0, 0.1) is 0 Å². The summed E-state index contributed by atoms with van der Waals surface area (Å²) < 4.78 is 0. The van der Waals surface area contributed by atoms with Crippen LogP contribution in [0.2, 0.25) is 0 Å². The molecule has 4 unspecified atom stereocenters. The molecule has 4 atom stereocenters. The number of hydrogen-bond acceptors (Lipinski definition) is 11. The van der Waals surface area contributed by atoms with Crippen LogP contribution in [-0.4, -0.2) is 90.3 Å². The topological polar surface area (TPSA) is 122 Å². The van der Waals surface area contributed by atoms with Crippen LogP contribution in [0.15, 0.2) is 97.3 Å². The number of hydrogen-bond donors (Lipinski definition) is 2. The van der Waals surface area contributed by atoms with Crippen molar-refractivity contribution in [3.63, 3.8) is 0 Å². The Morgan fingerprint density at radius 2 is 1.02 bits per heavy atom. The Hall–Kier alpha value is -6.17. The summed E-state index contributed by atoms with van der Waals surface area (Å²) in [5.41, 5.74) is 11.9. The van der Waals surface area contributed by atoms with Gasteiger partial charge in [0.05, 0.1) is 24.6 Å². The van der Waals surface area contributed by atoms with Gasteiger partial charge < -0.3 is 29.8 Å². The van der Waals surface area contributed by atoms with Crippen molar-refractivity contribution in [1.82, 2.24) is 19.9 Å². The van der Waals surface area contributed by atoms with E-state index in [0.29, 0.717) is 74.1 Å². The molecule has 2 spiro atoms. The lowest BCUT2D eigenvalue weighted by Crippen LogP contribution is -2.32. The highest BCUT2D eigenvalue weighted by Gasteiger charge is 2.51. The minimum absolute atomic E-state index is 0.241. The second kappa shape index (κ2) is 15.5. The maximum atomic E-state index is 15.4. The van der Waals surface area contributed by atoms with E-state index in [-0.39, 0.29) is 28.0 Å².